The largest absolute Gasteiger partial charge is 0.418 e. The highest BCUT2D eigenvalue weighted by Gasteiger charge is 2.37. The van der Waals surface area contributed by atoms with Gasteiger partial charge in [-0.15, -0.1) is 0 Å². The van der Waals surface area contributed by atoms with E-state index in [1.807, 2.05) is 13.8 Å². The van der Waals surface area contributed by atoms with Gasteiger partial charge in [-0.25, -0.2) is 0 Å². The smallest absolute Gasteiger partial charge is 0.372 e. The van der Waals surface area contributed by atoms with Crippen molar-refractivity contribution in [1.29, 1.82) is 0 Å². The number of anilines is 1. The number of morpholine rings is 1. The molecular formula is C15H21F3N2O. The second-order valence-electron chi connectivity index (χ2n) is 5.92. The normalized spacial score (nSPS) is 18.9. The van der Waals surface area contributed by atoms with Gasteiger partial charge in [0.25, 0.3) is 0 Å². The van der Waals surface area contributed by atoms with Gasteiger partial charge < -0.3 is 15.4 Å². The molecule has 1 aromatic carbocycles. The van der Waals surface area contributed by atoms with Gasteiger partial charge in [-0.05, 0) is 44.5 Å². The molecule has 1 aromatic rings. The summed E-state index contributed by atoms with van der Waals surface area (Å²) in [7, 11) is 0. The molecule has 2 N–H and O–H groups in total. The van der Waals surface area contributed by atoms with Crippen LogP contribution >= 0.6 is 0 Å². The summed E-state index contributed by atoms with van der Waals surface area (Å²) in [6.07, 6.45) is -3.93. The molecule has 21 heavy (non-hydrogen) atoms. The van der Waals surface area contributed by atoms with E-state index in [1.54, 1.807) is 17.0 Å². The Morgan fingerprint density at radius 2 is 2.05 bits per heavy atom. The summed E-state index contributed by atoms with van der Waals surface area (Å²) in [6.45, 7) is 5.43. The summed E-state index contributed by atoms with van der Waals surface area (Å²) in [6, 6.07) is 4.49. The van der Waals surface area contributed by atoms with Crippen LogP contribution in [0.1, 0.15) is 25.0 Å². The van der Waals surface area contributed by atoms with Crippen LogP contribution in [0.25, 0.3) is 0 Å². The third-order valence-electron chi connectivity index (χ3n) is 3.57. The molecule has 0 atom stereocenters. The average molecular weight is 302 g/mol. The summed E-state index contributed by atoms with van der Waals surface area (Å²) in [5, 5.41) is 0. The molecule has 1 saturated heterocycles. The quantitative estimate of drug-likeness (QED) is 0.933. The predicted octanol–water partition coefficient (Wildman–Crippen LogP) is 2.82. The van der Waals surface area contributed by atoms with Gasteiger partial charge in [0.2, 0.25) is 0 Å². The SMILES string of the molecule is CC1(C)CN(c2ccc(CCN)cc2C(F)(F)F)CCO1. The molecule has 118 valence electrons. The number of hydrogen-bond acceptors (Lipinski definition) is 3. The number of alkyl halides is 3. The lowest BCUT2D eigenvalue weighted by molar-refractivity contribution is -0.137. The van der Waals surface area contributed by atoms with Crippen LogP contribution in [0.15, 0.2) is 18.2 Å². The van der Waals surface area contributed by atoms with Crippen molar-refractivity contribution in [3.63, 3.8) is 0 Å². The molecule has 0 spiro atoms. The number of nitrogens with two attached hydrogens (primary N) is 1. The van der Waals surface area contributed by atoms with E-state index < -0.39 is 17.3 Å². The summed E-state index contributed by atoms with van der Waals surface area (Å²) >= 11 is 0. The summed E-state index contributed by atoms with van der Waals surface area (Å²) < 4.78 is 45.5. The van der Waals surface area contributed by atoms with E-state index in [-0.39, 0.29) is 5.69 Å². The predicted molar refractivity (Wildman–Crippen MR) is 76.4 cm³/mol. The lowest BCUT2D eigenvalue weighted by Gasteiger charge is -2.40. The Morgan fingerprint density at radius 1 is 1.33 bits per heavy atom. The molecule has 2 rings (SSSR count). The van der Waals surface area contributed by atoms with Crippen LogP contribution in [0, 0.1) is 0 Å². The van der Waals surface area contributed by atoms with Gasteiger partial charge in [-0.3, -0.25) is 0 Å². The highest BCUT2D eigenvalue weighted by molar-refractivity contribution is 5.57. The molecule has 1 fully saturated rings. The van der Waals surface area contributed by atoms with E-state index in [0.717, 1.165) is 0 Å². The van der Waals surface area contributed by atoms with Crippen molar-refractivity contribution in [2.24, 2.45) is 5.73 Å². The van der Waals surface area contributed by atoms with Crippen molar-refractivity contribution in [1.82, 2.24) is 0 Å². The molecule has 0 bridgehead atoms. The van der Waals surface area contributed by atoms with Crippen LogP contribution in [-0.2, 0) is 17.3 Å². The Hall–Kier alpha value is -1.27. The molecule has 0 aliphatic carbocycles. The zero-order valence-electron chi connectivity index (χ0n) is 12.3. The third kappa shape index (κ3) is 3.89. The lowest BCUT2D eigenvalue weighted by Crippen LogP contribution is -2.48. The molecule has 1 heterocycles. The first-order valence-corrected chi connectivity index (χ1v) is 7.02. The summed E-state index contributed by atoms with van der Waals surface area (Å²) in [4.78, 5) is 1.75. The zero-order valence-corrected chi connectivity index (χ0v) is 12.3. The Bertz CT molecular complexity index is 500. The third-order valence-corrected chi connectivity index (χ3v) is 3.57. The van der Waals surface area contributed by atoms with Gasteiger partial charge in [0, 0.05) is 18.8 Å². The van der Waals surface area contributed by atoms with Crippen molar-refractivity contribution in [2.45, 2.75) is 32.0 Å². The van der Waals surface area contributed by atoms with Crippen molar-refractivity contribution < 1.29 is 17.9 Å². The first-order valence-electron chi connectivity index (χ1n) is 7.02. The second-order valence-corrected chi connectivity index (χ2v) is 5.92. The van der Waals surface area contributed by atoms with Gasteiger partial charge in [-0.2, -0.15) is 13.2 Å². The minimum absolute atomic E-state index is 0.222. The van der Waals surface area contributed by atoms with Crippen molar-refractivity contribution in [3.8, 4) is 0 Å². The van der Waals surface area contributed by atoms with E-state index in [2.05, 4.69) is 0 Å². The van der Waals surface area contributed by atoms with Crippen LogP contribution < -0.4 is 10.6 Å². The lowest BCUT2D eigenvalue weighted by atomic mass is 10.0. The molecular weight excluding hydrogens is 281 g/mol. The molecule has 0 aromatic heterocycles. The molecule has 1 aliphatic heterocycles. The minimum Gasteiger partial charge on any atom is -0.372 e. The monoisotopic (exact) mass is 302 g/mol. The Labute approximate surface area is 122 Å². The van der Waals surface area contributed by atoms with Crippen molar-refractivity contribution >= 4 is 5.69 Å². The fraction of sp³-hybridized carbons (Fsp3) is 0.600. The number of ether oxygens (including phenoxy) is 1. The molecule has 0 unspecified atom stereocenters. The van der Waals surface area contributed by atoms with Crippen LogP contribution in [0.4, 0.5) is 18.9 Å². The first-order chi connectivity index (χ1) is 9.73. The molecule has 0 radical (unpaired) electrons. The van der Waals surface area contributed by atoms with Gasteiger partial charge in [0.05, 0.1) is 17.8 Å². The second kappa shape index (κ2) is 5.85. The van der Waals surface area contributed by atoms with Crippen LogP contribution in [0.2, 0.25) is 0 Å². The Kier molecular flexibility index (Phi) is 4.49. The average Bonchev–Trinajstić information content (AvgIpc) is 2.37. The van der Waals surface area contributed by atoms with E-state index in [4.69, 9.17) is 10.5 Å². The fourth-order valence-electron chi connectivity index (χ4n) is 2.63. The molecule has 0 saturated carbocycles. The zero-order chi connectivity index (χ0) is 15.7. The number of hydrogen-bond donors (Lipinski definition) is 1. The number of rotatable bonds is 3. The highest BCUT2D eigenvalue weighted by atomic mass is 19.4. The van der Waals surface area contributed by atoms with Crippen LogP contribution in [0.3, 0.4) is 0 Å². The maximum atomic E-state index is 13.3. The standard InChI is InChI=1S/C15H21F3N2O/c1-14(2)10-20(7-8-21-14)13-4-3-11(5-6-19)9-12(13)15(16,17)18/h3-4,9H,5-8,10,19H2,1-2H3. The minimum atomic E-state index is -4.37. The van der Waals surface area contributed by atoms with Crippen LogP contribution in [-0.4, -0.2) is 31.8 Å². The van der Waals surface area contributed by atoms with Crippen LogP contribution in [0.5, 0.6) is 0 Å². The maximum Gasteiger partial charge on any atom is 0.418 e. The fourth-order valence-corrected chi connectivity index (χ4v) is 2.63. The molecule has 0 amide bonds. The topological polar surface area (TPSA) is 38.5 Å². The van der Waals surface area contributed by atoms with Gasteiger partial charge in [0.15, 0.2) is 0 Å². The number of benzene rings is 1. The maximum absolute atomic E-state index is 13.3. The number of halogens is 3. The number of nitrogens with zero attached hydrogens (tertiary/aromatic N) is 1. The summed E-state index contributed by atoms with van der Waals surface area (Å²) in [5.74, 6) is 0. The van der Waals surface area contributed by atoms with E-state index in [0.29, 0.717) is 38.2 Å². The Morgan fingerprint density at radius 3 is 2.62 bits per heavy atom. The molecule has 1 aliphatic rings. The van der Waals surface area contributed by atoms with Crippen molar-refractivity contribution in [3.05, 3.63) is 29.3 Å². The van der Waals surface area contributed by atoms with Gasteiger partial charge in [0.1, 0.15) is 0 Å². The van der Waals surface area contributed by atoms with Gasteiger partial charge in [-0.1, -0.05) is 6.07 Å². The highest BCUT2D eigenvalue weighted by Crippen LogP contribution is 2.38. The molecule has 3 nitrogen and oxygen atoms in total. The van der Waals surface area contributed by atoms with E-state index >= 15 is 0 Å². The van der Waals surface area contributed by atoms with Gasteiger partial charge >= 0.3 is 6.18 Å². The Balaban J connectivity index is 2.38. The van der Waals surface area contributed by atoms with E-state index in [9.17, 15) is 13.2 Å². The molecule has 6 heteroatoms. The van der Waals surface area contributed by atoms with Crippen molar-refractivity contribution in [2.75, 3.05) is 31.1 Å². The summed E-state index contributed by atoms with van der Waals surface area (Å²) in [5.41, 5.74) is 5.22. The first kappa shape index (κ1) is 16.1. The van der Waals surface area contributed by atoms with E-state index in [1.165, 1.54) is 6.07 Å².